The zero-order chi connectivity index (χ0) is 20.2. The van der Waals surface area contributed by atoms with E-state index in [4.69, 9.17) is 11.3 Å². The van der Waals surface area contributed by atoms with E-state index in [0.29, 0.717) is 36.4 Å². The SMILES string of the molecule is [C-]#[N+]c1ccc(Nc2cc(C3CC3)[nH]n2)nc1NCCOc1ccc(C)nc1C. The van der Waals surface area contributed by atoms with Crippen LogP contribution in [0, 0.1) is 20.4 Å². The quantitative estimate of drug-likeness (QED) is 0.389. The van der Waals surface area contributed by atoms with Crippen LogP contribution in [0.1, 0.15) is 35.8 Å². The van der Waals surface area contributed by atoms with Crippen LogP contribution in [0.3, 0.4) is 0 Å². The summed E-state index contributed by atoms with van der Waals surface area (Å²) in [6, 6.07) is 9.38. The number of aromatic amines is 1. The summed E-state index contributed by atoms with van der Waals surface area (Å²) in [5.74, 6) is 3.25. The van der Waals surface area contributed by atoms with E-state index in [1.54, 1.807) is 12.1 Å². The molecule has 29 heavy (non-hydrogen) atoms. The zero-order valence-electron chi connectivity index (χ0n) is 16.5. The molecule has 0 bridgehead atoms. The van der Waals surface area contributed by atoms with E-state index in [-0.39, 0.29) is 0 Å². The van der Waals surface area contributed by atoms with E-state index in [1.807, 2.05) is 32.0 Å². The molecule has 1 aliphatic rings. The molecule has 1 fully saturated rings. The number of pyridine rings is 2. The number of nitrogens with one attached hydrogen (secondary N) is 3. The monoisotopic (exact) mass is 389 g/mol. The van der Waals surface area contributed by atoms with Gasteiger partial charge in [-0.25, -0.2) is 9.83 Å². The molecule has 8 nitrogen and oxygen atoms in total. The summed E-state index contributed by atoms with van der Waals surface area (Å²) in [7, 11) is 0. The van der Waals surface area contributed by atoms with Gasteiger partial charge in [-0.3, -0.25) is 10.1 Å². The first kappa shape index (κ1) is 18.7. The first-order valence-corrected chi connectivity index (χ1v) is 9.64. The van der Waals surface area contributed by atoms with Crippen molar-refractivity contribution in [2.45, 2.75) is 32.6 Å². The molecule has 0 atom stereocenters. The van der Waals surface area contributed by atoms with Crippen LogP contribution in [0.15, 0.2) is 30.3 Å². The summed E-state index contributed by atoms with van der Waals surface area (Å²) < 4.78 is 5.78. The van der Waals surface area contributed by atoms with Gasteiger partial charge in [-0.05, 0) is 51.0 Å². The maximum absolute atomic E-state index is 7.36. The van der Waals surface area contributed by atoms with Crippen LogP contribution in [0.2, 0.25) is 0 Å². The molecular formula is C21H23N7O. The van der Waals surface area contributed by atoms with E-state index >= 15 is 0 Å². The Morgan fingerprint density at radius 3 is 2.79 bits per heavy atom. The van der Waals surface area contributed by atoms with Gasteiger partial charge < -0.3 is 15.4 Å². The van der Waals surface area contributed by atoms with Crippen molar-refractivity contribution in [2.75, 3.05) is 23.8 Å². The summed E-state index contributed by atoms with van der Waals surface area (Å²) in [6.07, 6.45) is 2.43. The van der Waals surface area contributed by atoms with Gasteiger partial charge in [-0.1, -0.05) is 0 Å². The van der Waals surface area contributed by atoms with Crippen molar-refractivity contribution < 1.29 is 4.74 Å². The molecule has 8 heteroatoms. The highest BCUT2D eigenvalue weighted by molar-refractivity contribution is 5.69. The Balaban J connectivity index is 1.36. The molecule has 148 valence electrons. The Bertz CT molecular complexity index is 1050. The van der Waals surface area contributed by atoms with Gasteiger partial charge in [0.05, 0.1) is 12.3 Å². The highest BCUT2D eigenvalue weighted by Crippen LogP contribution is 2.39. The Morgan fingerprint density at radius 2 is 2.03 bits per heavy atom. The molecule has 0 spiro atoms. The maximum Gasteiger partial charge on any atom is 0.228 e. The predicted molar refractivity (Wildman–Crippen MR) is 112 cm³/mol. The average molecular weight is 389 g/mol. The van der Waals surface area contributed by atoms with Gasteiger partial charge in [0.2, 0.25) is 5.69 Å². The largest absolute Gasteiger partial charge is 0.490 e. The lowest BCUT2D eigenvalue weighted by Gasteiger charge is -2.12. The second kappa shape index (κ2) is 8.19. The highest BCUT2D eigenvalue weighted by Gasteiger charge is 2.25. The third-order valence-electron chi connectivity index (χ3n) is 4.69. The van der Waals surface area contributed by atoms with E-state index in [0.717, 1.165) is 28.6 Å². The van der Waals surface area contributed by atoms with E-state index < -0.39 is 0 Å². The van der Waals surface area contributed by atoms with Crippen molar-refractivity contribution >= 4 is 23.1 Å². The molecular weight excluding hydrogens is 366 g/mol. The number of aryl methyl sites for hydroxylation is 2. The molecule has 0 saturated heterocycles. The number of aromatic nitrogens is 4. The molecule has 0 amide bonds. The molecule has 3 aromatic rings. The second-order valence-corrected chi connectivity index (χ2v) is 7.10. The van der Waals surface area contributed by atoms with Gasteiger partial charge in [0.1, 0.15) is 24.0 Å². The molecule has 0 aromatic carbocycles. The van der Waals surface area contributed by atoms with E-state index in [2.05, 4.69) is 35.6 Å². The van der Waals surface area contributed by atoms with Crippen LogP contribution in [0.4, 0.5) is 23.1 Å². The van der Waals surface area contributed by atoms with Crippen LogP contribution in [0.5, 0.6) is 5.75 Å². The Morgan fingerprint density at radius 1 is 1.17 bits per heavy atom. The molecule has 1 aliphatic carbocycles. The van der Waals surface area contributed by atoms with Gasteiger partial charge in [0.25, 0.3) is 0 Å². The van der Waals surface area contributed by atoms with Crippen molar-refractivity contribution in [1.82, 2.24) is 20.2 Å². The van der Waals surface area contributed by atoms with Gasteiger partial charge in [-0.15, -0.1) is 0 Å². The summed E-state index contributed by atoms with van der Waals surface area (Å²) in [5.41, 5.74) is 3.44. The average Bonchev–Trinajstić information content (AvgIpc) is 3.46. The van der Waals surface area contributed by atoms with Crippen LogP contribution in [-0.2, 0) is 0 Å². The van der Waals surface area contributed by atoms with Crippen molar-refractivity contribution in [3.63, 3.8) is 0 Å². The minimum atomic E-state index is 0.437. The molecule has 4 rings (SSSR count). The summed E-state index contributed by atoms with van der Waals surface area (Å²) >= 11 is 0. The minimum absolute atomic E-state index is 0.437. The van der Waals surface area contributed by atoms with Crippen LogP contribution in [0.25, 0.3) is 4.85 Å². The summed E-state index contributed by atoms with van der Waals surface area (Å²) in [4.78, 5) is 12.5. The number of H-pyrrole nitrogens is 1. The van der Waals surface area contributed by atoms with E-state index in [9.17, 15) is 0 Å². The van der Waals surface area contributed by atoms with Crippen molar-refractivity contribution in [1.29, 1.82) is 0 Å². The highest BCUT2D eigenvalue weighted by atomic mass is 16.5. The maximum atomic E-state index is 7.36. The fourth-order valence-corrected chi connectivity index (χ4v) is 3.03. The number of anilines is 3. The number of hydrogen-bond acceptors (Lipinski definition) is 6. The lowest BCUT2D eigenvalue weighted by molar-refractivity contribution is 0.328. The molecule has 0 radical (unpaired) electrons. The van der Waals surface area contributed by atoms with Crippen molar-refractivity contribution in [3.8, 4) is 5.75 Å². The molecule has 1 saturated carbocycles. The third-order valence-corrected chi connectivity index (χ3v) is 4.69. The summed E-state index contributed by atoms with van der Waals surface area (Å²) in [5, 5.41) is 13.7. The number of hydrogen-bond donors (Lipinski definition) is 3. The second-order valence-electron chi connectivity index (χ2n) is 7.10. The number of ether oxygens (including phenoxy) is 1. The number of nitrogens with zero attached hydrogens (tertiary/aromatic N) is 4. The standard InChI is InChI=1S/C21H23N7O/c1-13-4-8-18(14(2)24-13)29-11-10-23-21-16(22-3)7-9-19(26-21)25-20-12-17(27-28-20)15-5-6-15/h4,7-9,12,15H,5-6,10-11H2,1-2H3,(H3,23,25,26,27,28). The number of rotatable bonds is 8. The van der Waals surface area contributed by atoms with Gasteiger partial charge in [-0.2, -0.15) is 5.10 Å². The normalized spacial score (nSPS) is 13.0. The molecule has 3 aromatic heterocycles. The first-order chi connectivity index (χ1) is 14.1. The fraction of sp³-hybridized carbons (Fsp3) is 0.333. The van der Waals surface area contributed by atoms with Crippen molar-refractivity contribution in [2.24, 2.45) is 0 Å². The lowest BCUT2D eigenvalue weighted by Crippen LogP contribution is -2.13. The lowest BCUT2D eigenvalue weighted by atomic mass is 10.3. The molecule has 0 unspecified atom stereocenters. The Labute approximate surface area is 169 Å². The summed E-state index contributed by atoms with van der Waals surface area (Å²) in [6.45, 7) is 12.2. The smallest absolute Gasteiger partial charge is 0.228 e. The van der Waals surface area contributed by atoms with Gasteiger partial charge in [0.15, 0.2) is 5.82 Å². The topological polar surface area (TPSA) is 92.1 Å². The molecule has 3 N–H and O–H groups in total. The van der Waals surface area contributed by atoms with Gasteiger partial charge >= 0.3 is 0 Å². The molecule has 3 heterocycles. The zero-order valence-corrected chi connectivity index (χ0v) is 16.5. The third kappa shape index (κ3) is 4.63. The van der Waals surface area contributed by atoms with Crippen LogP contribution >= 0.6 is 0 Å². The van der Waals surface area contributed by atoms with Crippen LogP contribution in [-0.4, -0.2) is 33.3 Å². The fourth-order valence-electron chi connectivity index (χ4n) is 3.03. The Hall–Kier alpha value is -3.60. The predicted octanol–water partition coefficient (Wildman–Crippen LogP) is 4.48. The first-order valence-electron chi connectivity index (χ1n) is 9.64. The van der Waals surface area contributed by atoms with E-state index in [1.165, 1.54) is 12.8 Å². The molecule has 0 aliphatic heterocycles. The van der Waals surface area contributed by atoms with Gasteiger partial charge in [0, 0.05) is 29.9 Å². The van der Waals surface area contributed by atoms with Crippen LogP contribution < -0.4 is 15.4 Å². The minimum Gasteiger partial charge on any atom is -0.490 e. The Kier molecular flexibility index (Phi) is 5.29. The van der Waals surface area contributed by atoms with Crippen molar-refractivity contribution in [3.05, 3.63) is 58.8 Å².